The third-order valence-electron chi connectivity index (χ3n) is 7.41. The summed E-state index contributed by atoms with van der Waals surface area (Å²) in [6, 6.07) is 0. The second kappa shape index (κ2) is 14.2. The Balaban J connectivity index is 2.14. The Morgan fingerprint density at radius 1 is 1.24 bits per heavy atom. The fourth-order valence-corrected chi connectivity index (χ4v) is 4.88. The number of rotatable bonds is 9. The van der Waals surface area contributed by atoms with Crippen molar-refractivity contribution in [3.05, 3.63) is 36.0 Å². The van der Waals surface area contributed by atoms with Crippen LogP contribution in [0.15, 0.2) is 36.0 Å². The van der Waals surface area contributed by atoms with Crippen molar-refractivity contribution in [1.82, 2.24) is 0 Å². The lowest BCUT2D eigenvalue weighted by Gasteiger charge is -2.27. The zero-order valence-corrected chi connectivity index (χ0v) is 23.9. The third-order valence-corrected chi connectivity index (χ3v) is 7.41. The van der Waals surface area contributed by atoms with Crippen LogP contribution in [0.3, 0.4) is 0 Å². The number of ether oxygens (including phenoxy) is 3. The van der Waals surface area contributed by atoms with E-state index >= 15 is 0 Å². The Morgan fingerprint density at radius 3 is 2.55 bits per heavy atom. The van der Waals surface area contributed by atoms with Gasteiger partial charge in [0.05, 0.1) is 30.3 Å². The highest BCUT2D eigenvalue weighted by molar-refractivity contribution is 5.81. The Labute approximate surface area is 227 Å². The molecule has 0 aromatic heterocycles. The van der Waals surface area contributed by atoms with Crippen molar-refractivity contribution < 1.29 is 38.8 Å². The summed E-state index contributed by atoms with van der Waals surface area (Å²) in [5.74, 6) is -1.14. The van der Waals surface area contributed by atoms with E-state index in [1.807, 2.05) is 46.8 Å². The molecule has 9 unspecified atom stereocenters. The maximum absolute atomic E-state index is 12.6. The second-order valence-corrected chi connectivity index (χ2v) is 11.2. The average molecular weight is 535 g/mol. The first kappa shape index (κ1) is 31.9. The van der Waals surface area contributed by atoms with Gasteiger partial charge < -0.3 is 24.4 Å². The first-order valence-corrected chi connectivity index (χ1v) is 13.7. The first-order valence-electron chi connectivity index (χ1n) is 13.7. The number of cyclic esters (lactones) is 1. The molecule has 0 aliphatic carbocycles. The van der Waals surface area contributed by atoms with E-state index in [1.165, 1.54) is 6.92 Å². The summed E-state index contributed by atoms with van der Waals surface area (Å²) in [5.41, 5.74) is -0.383. The van der Waals surface area contributed by atoms with Crippen LogP contribution < -0.4 is 0 Å². The molecular formula is C30H46O8. The zero-order chi connectivity index (χ0) is 28.6. The van der Waals surface area contributed by atoms with Gasteiger partial charge in [0.25, 0.3) is 0 Å². The van der Waals surface area contributed by atoms with Gasteiger partial charge in [0.15, 0.2) is 0 Å². The second-order valence-electron chi connectivity index (χ2n) is 11.2. The molecule has 2 heterocycles. The van der Waals surface area contributed by atoms with Gasteiger partial charge in [-0.25, -0.2) is 0 Å². The highest BCUT2D eigenvalue weighted by atomic mass is 16.6. The van der Waals surface area contributed by atoms with Crippen molar-refractivity contribution in [1.29, 1.82) is 0 Å². The van der Waals surface area contributed by atoms with Crippen LogP contribution in [0.4, 0.5) is 0 Å². The number of aliphatic hydroxyl groups excluding tert-OH is 1. The number of hydrogen-bond donors (Lipinski definition) is 2. The minimum atomic E-state index is -1.14. The molecule has 0 amide bonds. The van der Waals surface area contributed by atoms with E-state index in [4.69, 9.17) is 14.2 Å². The van der Waals surface area contributed by atoms with Crippen LogP contribution >= 0.6 is 0 Å². The summed E-state index contributed by atoms with van der Waals surface area (Å²) in [5, 5.41) is 21.2. The topological polar surface area (TPSA) is 123 Å². The van der Waals surface area contributed by atoms with Crippen LogP contribution in [0.5, 0.6) is 0 Å². The van der Waals surface area contributed by atoms with Gasteiger partial charge in [-0.05, 0) is 44.3 Å². The van der Waals surface area contributed by atoms with Crippen LogP contribution in [0, 0.1) is 17.8 Å². The van der Waals surface area contributed by atoms with Crippen molar-refractivity contribution in [3.8, 4) is 0 Å². The van der Waals surface area contributed by atoms with Crippen molar-refractivity contribution in [2.24, 2.45) is 17.8 Å². The fraction of sp³-hybridized carbons (Fsp3) is 0.700. The van der Waals surface area contributed by atoms with Crippen LogP contribution in [-0.4, -0.2) is 64.1 Å². The van der Waals surface area contributed by atoms with Crippen LogP contribution in [0.25, 0.3) is 0 Å². The molecule has 2 aliphatic heterocycles. The maximum Gasteiger partial charge on any atom is 0.309 e. The number of carbonyl (C=O) groups excluding carboxylic acids is 3. The number of hydrogen-bond acceptors (Lipinski definition) is 8. The Hall–Kier alpha value is -2.29. The van der Waals surface area contributed by atoms with Gasteiger partial charge in [0, 0.05) is 31.6 Å². The number of ketones is 1. The molecule has 2 N–H and O–H groups in total. The van der Waals surface area contributed by atoms with E-state index in [0.717, 1.165) is 5.57 Å². The molecule has 0 aromatic carbocycles. The Bertz CT molecular complexity index is 917. The normalized spacial score (nSPS) is 34.3. The molecule has 214 valence electrons. The fourth-order valence-electron chi connectivity index (χ4n) is 4.88. The van der Waals surface area contributed by atoms with E-state index < -0.39 is 29.9 Å². The summed E-state index contributed by atoms with van der Waals surface area (Å²) in [6.45, 7) is 12.5. The molecule has 8 heteroatoms. The number of esters is 2. The summed E-state index contributed by atoms with van der Waals surface area (Å²) in [4.78, 5) is 36.1. The van der Waals surface area contributed by atoms with Crippen molar-refractivity contribution >= 4 is 17.7 Å². The smallest absolute Gasteiger partial charge is 0.309 e. The molecule has 9 atom stereocenters. The van der Waals surface area contributed by atoms with Crippen LogP contribution in [-0.2, 0) is 28.6 Å². The summed E-state index contributed by atoms with van der Waals surface area (Å²) in [6.07, 6.45) is 8.41. The largest absolute Gasteiger partial charge is 0.458 e. The molecule has 1 saturated heterocycles. The van der Waals surface area contributed by atoms with Gasteiger partial charge in [0.1, 0.15) is 18.0 Å². The molecule has 0 bridgehead atoms. The summed E-state index contributed by atoms with van der Waals surface area (Å²) >= 11 is 0. The molecular weight excluding hydrogens is 488 g/mol. The van der Waals surface area contributed by atoms with Crippen LogP contribution in [0.1, 0.15) is 80.6 Å². The molecule has 0 radical (unpaired) electrons. The van der Waals surface area contributed by atoms with E-state index in [1.54, 1.807) is 25.2 Å². The number of aliphatic hydroxyl groups is 2. The molecule has 8 nitrogen and oxygen atoms in total. The van der Waals surface area contributed by atoms with Gasteiger partial charge in [-0.1, -0.05) is 52.0 Å². The van der Waals surface area contributed by atoms with Crippen molar-refractivity contribution in [3.63, 3.8) is 0 Å². The molecule has 2 aliphatic rings. The zero-order valence-electron chi connectivity index (χ0n) is 23.9. The highest BCUT2D eigenvalue weighted by Gasteiger charge is 2.47. The molecule has 0 aromatic rings. The first-order chi connectivity index (χ1) is 17.7. The molecule has 38 heavy (non-hydrogen) atoms. The van der Waals surface area contributed by atoms with E-state index in [9.17, 15) is 24.6 Å². The SMILES string of the molecule is CCC(=O)C(C)C1OC1CC(C)(O)/C=C/C=C(\C)C1OC(=O)CC(O)CCC(C)C(OC(C)=O)/C=C/C1C. The predicted octanol–water partition coefficient (Wildman–Crippen LogP) is 4.23. The van der Waals surface area contributed by atoms with Crippen LogP contribution in [0.2, 0.25) is 0 Å². The maximum atomic E-state index is 12.6. The molecule has 1 fully saturated rings. The summed E-state index contributed by atoms with van der Waals surface area (Å²) < 4.78 is 16.9. The minimum absolute atomic E-state index is 0.0224. The number of allylic oxidation sites excluding steroid dienone is 2. The highest BCUT2D eigenvalue weighted by Crippen LogP contribution is 2.36. The van der Waals surface area contributed by atoms with Crippen molar-refractivity contribution in [2.45, 2.75) is 117 Å². The van der Waals surface area contributed by atoms with Gasteiger partial charge in [-0.15, -0.1) is 0 Å². The van der Waals surface area contributed by atoms with Gasteiger partial charge >= 0.3 is 11.9 Å². The third kappa shape index (κ3) is 10.1. The quantitative estimate of drug-likeness (QED) is 0.195. The summed E-state index contributed by atoms with van der Waals surface area (Å²) in [7, 11) is 0. The molecule has 2 rings (SSSR count). The van der Waals surface area contributed by atoms with Gasteiger partial charge in [-0.3, -0.25) is 14.4 Å². The number of Topliss-reactive ketones (excluding diaryl/α,β-unsaturated/α-hetero) is 1. The Kier molecular flexibility index (Phi) is 11.9. The number of carbonyl (C=O) groups is 3. The average Bonchev–Trinajstić information content (AvgIpc) is 3.59. The monoisotopic (exact) mass is 534 g/mol. The minimum Gasteiger partial charge on any atom is -0.458 e. The van der Waals surface area contributed by atoms with E-state index in [0.29, 0.717) is 25.7 Å². The molecule has 0 spiro atoms. The van der Waals surface area contributed by atoms with Crippen molar-refractivity contribution in [2.75, 3.05) is 0 Å². The number of epoxide rings is 1. The lowest BCUT2D eigenvalue weighted by atomic mass is 9.91. The lowest BCUT2D eigenvalue weighted by molar-refractivity contribution is -0.151. The van der Waals surface area contributed by atoms with E-state index in [2.05, 4.69) is 0 Å². The van der Waals surface area contributed by atoms with E-state index in [-0.39, 0.29) is 48.1 Å². The van der Waals surface area contributed by atoms with Gasteiger partial charge in [-0.2, -0.15) is 0 Å². The Morgan fingerprint density at radius 2 is 1.92 bits per heavy atom. The van der Waals surface area contributed by atoms with Gasteiger partial charge in [0.2, 0.25) is 0 Å². The molecule has 0 saturated carbocycles. The predicted molar refractivity (Wildman–Crippen MR) is 144 cm³/mol. The lowest BCUT2D eigenvalue weighted by Crippen LogP contribution is -2.30. The standard InChI is InChI=1S/C30H46O8/c1-8-24(33)21(5)29-26(37-29)17-30(7,35)15-9-10-19(3)28-20(4)12-14-25(36-22(6)31)18(2)11-13-23(32)16-27(34)38-28/h9-10,12,14-15,18,20-21,23,25-26,28-29,32,35H,8,11,13,16-17H2,1-7H3/b14-12+,15-9+,19-10+.